The highest BCUT2D eigenvalue weighted by atomic mass is 16.5. The van der Waals surface area contributed by atoms with Crippen molar-refractivity contribution in [2.75, 3.05) is 49.3 Å². The molecular weight excluding hydrogens is 304 g/mol. The molecule has 1 aliphatic heterocycles. The summed E-state index contributed by atoms with van der Waals surface area (Å²) in [6.07, 6.45) is 2.81. The minimum Gasteiger partial charge on any atom is -0.381 e. The van der Waals surface area contributed by atoms with Gasteiger partial charge in [-0.15, -0.1) is 0 Å². The van der Waals surface area contributed by atoms with Crippen LogP contribution in [0, 0.1) is 6.92 Å². The number of rotatable bonds is 7. The predicted molar refractivity (Wildman–Crippen MR) is 95.7 cm³/mol. The monoisotopic (exact) mass is 328 g/mol. The molecule has 1 atom stereocenters. The highest BCUT2D eigenvalue weighted by Gasteiger charge is 2.20. The van der Waals surface area contributed by atoms with Crippen LogP contribution in [0.4, 0.5) is 17.6 Å². The Morgan fingerprint density at radius 3 is 2.88 bits per heavy atom. The molecule has 0 bridgehead atoms. The Morgan fingerprint density at radius 1 is 1.25 bits per heavy atom. The first-order chi connectivity index (χ1) is 11.8. The molecule has 7 heteroatoms. The SMILES string of the molecule is CNc1nc(NCCNc2ncccc2C)cc(C2CCOC2)n1. The molecule has 1 unspecified atom stereocenters. The van der Waals surface area contributed by atoms with Crippen LogP contribution < -0.4 is 16.0 Å². The second-order valence-electron chi connectivity index (χ2n) is 5.83. The molecule has 0 radical (unpaired) electrons. The van der Waals surface area contributed by atoms with Crippen molar-refractivity contribution in [2.45, 2.75) is 19.3 Å². The first kappa shape index (κ1) is 16.4. The van der Waals surface area contributed by atoms with Crippen LogP contribution >= 0.6 is 0 Å². The summed E-state index contributed by atoms with van der Waals surface area (Å²) in [5.41, 5.74) is 2.17. The molecule has 2 aromatic heterocycles. The Morgan fingerprint density at radius 2 is 2.12 bits per heavy atom. The molecular formula is C17H24N6O. The van der Waals surface area contributed by atoms with E-state index in [1.807, 2.05) is 32.2 Å². The van der Waals surface area contributed by atoms with Crippen molar-refractivity contribution in [3.05, 3.63) is 35.7 Å². The average molecular weight is 328 g/mol. The lowest BCUT2D eigenvalue weighted by Crippen LogP contribution is -2.16. The topological polar surface area (TPSA) is 84.0 Å². The highest BCUT2D eigenvalue weighted by molar-refractivity contribution is 5.45. The van der Waals surface area contributed by atoms with Crippen LogP contribution in [-0.4, -0.2) is 48.3 Å². The van der Waals surface area contributed by atoms with E-state index in [1.165, 1.54) is 0 Å². The van der Waals surface area contributed by atoms with Crippen LogP contribution in [0.15, 0.2) is 24.4 Å². The number of pyridine rings is 1. The maximum atomic E-state index is 5.47. The zero-order valence-electron chi connectivity index (χ0n) is 14.2. The van der Waals surface area contributed by atoms with Crippen LogP contribution in [0.25, 0.3) is 0 Å². The van der Waals surface area contributed by atoms with E-state index in [0.29, 0.717) is 11.9 Å². The third-order valence-electron chi connectivity index (χ3n) is 4.05. The first-order valence-corrected chi connectivity index (χ1v) is 8.30. The molecule has 2 aromatic rings. The van der Waals surface area contributed by atoms with Gasteiger partial charge in [0.15, 0.2) is 0 Å². The minimum absolute atomic E-state index is 0.356. The van der Waals surface area contributed by atoms with Gasteiger partial charge in [-0.3, -0.25) is 0 Å². The summed E-state index contributed by atoms with van der Waals surface area (Å²) in [6, 6.07) is 6.00. The van der Waals surface area contributed by atoms with Gasteiger partial charge in [-0.05, 0) is 25.0 Å². The summed E-state index contributed by atoms with van der Waals surface area (Å²) in [4.78, 5) is 13.3. The fourth-order valence-electron chi connectivity index (χ4n) is 2.69. The summed E-state index contributed by atoms with van der Waals surface area (Å²) in [7, 11) is 1.83. The standard InChI is InChI=1S/C17H24N6O/c1-12-4-3-6-20-16(12)21-8-7-19-15-10-14(13-5-9-24-11-13)22-17(18-2)23-15/h3-4,6,10,13H,5,7-9,11H2,1-2H3,(H,20,21)(H2,18,19,22,23). The Kier molecular flexibility index (Phi) is 5.43. The second kappa shape index (κ2) is 7.92. The zero-order chi connectivity index (χ0) is 16.8. The number of aryl methyl sites for hydroxylation is 1. The van der Waals surface area contributed by atoms with Crippen LogP contribution in [0.3, 0.4) is 0 Å². The van der Waals surface area contributed by atoms with Crippen molar-refractivity contribution in [1.29, 1.82) is 0 Å². The Balaban J connectivity index is 1.58. The molecule has 3 rings (SSSR count). The number of aromatic nitrogens is 3. The fourth-order valence-corrected chi connectivity index (χ4v) is 2.69. The third kappa shape index (κ3) is 4.11. The predicted octanol–water partition coefficient (Wildman–Crippen LogP) is 2.25. The lowest BCUT2D eigenvalue weighted by atomic mass is 10.0. The molecule has 24 heavy (non-hydrogen) atoms. The number of hydrogen-bond acceptors (Lipinski definition) is 7. The van der Waals surface area contributed by atoms with Gasteiger partial charge in [0.25, 0.3) is 0 Å². The van der Waals surface area contributed by atoms with Crippen LogP contribution in [0.2, 0.25) is 0 Å². The molecule has 0 spiro atoms. The summed E-state index contributed by atoms with van der Waals surface area (Å²) < 4.78 is 5.47. The molecule has 3 N–H and O–H groups in total. The molecule has 1 saturated heterocycles. The maximum Gasteiger partial charge on any atom is 0.224 e. The van der Waals surface area contributed by atoms with Crippen LogP contribution in [0.5, 0.6) is 0 Å². The van der Waals surface area contributed by atoms with E-state index in [9.17, 15) is 0 Å². The van der Waals surface area contributed by atoms with Crippen molar-refractivity contribution in [3.8, 4) is 0 Å². The summed E-state index contributed by atoms with van der Waals surface area (Å²) >= 11 is 0. The van der Waals surface area contributed by atoms with Crippen molar-refractivity contribution in [1.82, 2.24) is 15.0 Å². The third-order valence-corrected chi connectivity index (χ3v) is 4.05. The molecule has 0 aliphatic carbocycles. The maximum absolute atomic E-state index is 5.47. The first-order valence-electron chi connectivity index (χ1n) is 8.30. The van der Waals surface area contributed by atoms with Gasteiger partial charge in [-0.2, -0.15) is 4.98 Å². The smallest absolute Gasteiger partial charge is 0.224 e. The second-order valence-corrected chi connectivity index (χ2v) is 5.83. The molecule has 3 heterocycles. The van der Waals surface area contributed by atoms with Gasteiger partial charge in [-0.1, -0.05) is 6.07 Å². The lowest BCUT2D eigenvalue weighted by Gasteiger charge is -2.13. The molecule has 1 fully saturated rings. The van der Waals surface area contributed by atoms with Crippen molar-refractivity contribution >= 4 is 17.6 Å². The van der Waals surface area contributed by atoms with E-state index in [2.05, 4.69) is 30.9 Å². The highest BCUT2D eigenvalue weighted by Crippen LogP contribution is 2.25. The van der Waals surface area contributed by atoms with Gasteiger partial charge in [0.2, 0.25) is 5.95 Å². The van der Waals surface area contributed by atoms with Crippen molar-refractivity contribution in [2.24, 2.45) is 0 Å². The molecule has 0 amide bonds. The fraction of sp³-hybridized carbons (Fsp3) is 0.471. The van der Waals surface area contributed by atoms with E-state index in [-0.39, 0.29) is 0 Å². The normalized spacial score (nSPS) is 16.8. The van der Waals surface area contributed by atoms with E-state index >= 15 is 0 Å². The summed E-state index contributed by atoms with van der Waals surface area (Å²) in [5, 5.41) is 9.71. The minimum atomic E-state index is 0.356. The van der Waals surface area contributed by atoms with Gasteiger partial charge in [0.1, 0.15) is 11.6 Å². The number of nitrogens with zero attached hydrogens (tertiary/aromatic N) is 3. The summed E-state index contributed by atoms with van der Waals surface area (Å²) in [6.45, 7) is 5.09. The van der Waals surface area contributed by atoms with E-state index in [4.69, 9.17) is 4.74 Å². The van der Waals surface area contributed by atoms with Crippen LogP contribution in [-0.2, 0) is 4.74 Å². The molecule has 0 aromatic carbocycles. The van der Waals surface area contributed by atoms with E-state index in [0.717, 1.165) is 55.6 Å². The quantitative estimate of drug-likeness (QED) is 0.672. The number of nitrogens with one attached hydrogen (secondary N) is 3. The lowest BCUT2D eigenvalue weighted by molar-refractivity contribution is 0.193. The molecule has 0 saturated carbocycles. The summed E-state index contributed by atoms with van der Waals surface area (Å²) in [5.74, 6) is 2.74. The Bertz CT molecular complexity index is 672. The van der Waals surface area contributed by atoms with E-state index < -0.39 is 0 Å². The average Bonchev–Trinajstić information content (AvgIpc) is 3.14. The number of anilines is 3. The number of ether oxygens (including phenoxy) is 1. The van der Waals surface area contributed by atoms with Crippen molar-refractivity contribution in [3.63, 3.8) is 0 Å². The molecule has 128 valence electrons. The zero-order valence-corrected chi connectivity index (χ0v) is 14.2. The van der Waals surface area contributed by atoms with Gasteiger partial charge in [0.05, 0.1) is 12.3 Å². The largest absolute Gasteiger partial charge is 0.381 e. The Labute approximate surface area is 142 Å². The van der Waals surface area contributed by atoms with Gasteiger partial charge >= 0.3 is 0 Å². The molecule has 7 nitrogen and oxygen atoms in total. The Hall–Kier alpha value is -2.41. The number of hydrogen-bond donors (Lipinski definition) is 3. The van der Waals surface area contributed by atoms with Crippen LogP contribution in [0.1, 0.15) is 23.6 Å². The van der Waals surface area contributed by atoms with Crippen molar-refractivity contribution < 1.29 is 4.74 Å². The van der Waals surface area contributed by atoms with Gasteiger partial charge < -0.3 is 20.7 Å². The molecule has 1 aliphatic rings. The van der Waals surface area contributed by atoms with Gasteiger partial charge in [0, 0.05) is 44.9 Å². The van der Waals surface area contributed by atoms with E-state index in [1.54, 1.807) is 6.20 Å². The van der Waals surface area contributed by atoms with Gasteiger partial charge in [-0.25, -0.2) is 9.97 Å².